The molecule has 0 radical (unpaired) electrons. The van der Waals surface area contributed by atoms with Crippen LogP contribution in [0.4, 0.5) is 4.39 Å². The van der Waals surface area contributed by atoms with Crippen LogP contribution in [0.1, 0.15) is 54.9 Å². The Morgan fingerprint density at radius 1 is 1.40 bits per heavy atom. The predicted molar refractivity (Wildman–Crippen MR) is 74.2 cm³/mol. The summed E-state index contributed by atoms with van der Waals surface area (Å²) >= 11 is 0. The highest BCUT2D eigenvalue weighted by Crippen LogP contribution is 2.29. The Hall–Kier alpha value is -1.42. The molecule has 0 bridgehead atoms. The van der Waals surface area contributed by atoms with Crippen LogP contribution in [0.3, 0.4) is 0 Å². The first-order valence-corrected chi connectivity index (χ1v) is 7.25. The lowest BCUT2D eigenvalue weighted by molar-refractivity contribution is -0.0222. The van der Waals surface area contributed by atoms with Gasteiger partial charge in [0.2, 0.25) is 0 Å². The number of aromatic carboxylic acids is 1. The minimum atomic E-state index is -1.24. The van der Waals surface area contributed by atoms with Gasteiger partial charge in [0, 0.05) is 0 Å². The molecule has 0 aliphatic heterocycles. The highest BCUT2D eigenvalue weighted by Gasteiger charge is 2.24. The van der Waals surface area contributed by atoms with Crippen molar-refractivity contribution in [2.75, 3.05) is 0 Å². The van der Waals surface area contributed by atoms with Gasteiger partial charge in [0.05, 0.1) is 18.3 Å². The van der Waals surface area contributed by atoms with Gasteiger partial charge in [-0.1, -0.05) is 32.3 Å². The van der Waals surface area contributed by atoms with Gasteiger partial charge in [-0.05, 0) is 36.5 Å². The summed E-state index contributed by atoms with van der Waals surface area (Å²) in [6.07, 6.45) is 6.07. The molecule has 0 aromatic heterocycles. The molecule has 1 aliphatic carbocycles. The first-order chi connectivity index (χ1) is 9.61. The number of halogens is 1. The maximum atomic E-state index is 13.6. The average Bonchev–Trinajstić information content (AvgIpc) is 2.45. The van der Waals surface area contributed by atoms with Crippen LogP contribution in [0.2, 0.25) is 0 Å². The molecule has 1 aliphatic rings. The average molecular weight is 280 g/mol. The van der Waals surface area contributed by atoms with Gasteiger partial charge in [0.1, 0.15) is 5.82 Å². The largest absolute Gasteiger partial charge is 0.478 e. The van der Waals surface area contributed by atoms with Gasteiger partial charge in [-0.25, -0.2) is 9.18 Å². The summed E-state index contributed by atoms with van der Waals surface area (Å²) in [7, 11) is 0. The number of hydrogen-bond donors (Lipinski definition) is 1. The van der Waals surface area contributed by atoms with Crippen molar-refractivity contribution in [2.45, 2.75) is 51.7 Å². The molecule has 4 heteroatoms. The molecule has 1 aromatic carbocycles. The second-order valence-electron chi connectivity index (χ2n) is 5.42. The van der Waals surface area contributed by atoms with Gasteiger partial charge in [0.25, 0.3) is 0 Å². The third-order valence-electron chi connectivity index (χ3n) is 4.09. The van der Waals surface area contributed by atoms with Crippen molar-refractivity contribution in [2.24, 2.45) is 5.92 Å². The van der Waals surface area contributed by atoms with E-state index in [0.717, 1.165) is 12.8 Å². The number of carboxylic acids is 1. The third kappa shape index (κ3) is 3.57. The van der Waals surface area contributed by atoms with Crippen molar-refractivity contribution in [1.29, 1.82) is 0 Å². The van der Waals surface area contributed by atoms with Crippen LogP contribution in [-0.2, 0) is 11.3 Å². The van der Waals surface area contributed by atoms with E-state index in [0.29, 0.717) is 18.1 Å². The van der Waals surface area contributed by atoms with Crippen LogP contribution >= 0.6 is 0 Å². The Balaban J connectivity index is 1.96. The van der Waals surface area contributed by atoms with E-state index in [-0.39, 0.29) is 11.7 Å². The van der Waals surface area contributed by atoms with E-state index in [1.807, 2.05) is 0 Å². The Kier molecular flexibility index (Phi) is 5.12. The SMILES string of the molecule is CCC1CCCCC1OCc1ccc(C(=O)O)c(F)c1. The maximum absolute atomic E-state index is 13.6. The van der Waals surface area contributed by atoms with Crippen molar-refractivity contribution in [3.8, 4) is 0 Å². The Bertz CT molecular complexity index is 473. The van der Waals surface area contributed by atoms with Crippen LogP contribution in [0.5, 0.6) is 0 Å². The van der Waals surface area contributed by atoms with E-state index < -0.39 is 11.8 Å². The number of hydrogen-bond acceptors (Lipinski definition) is 2. The predicted octanol–water partition coefficient (Wildman–Crippen LogP) is 4.01. The number of ether oxygens (including phenoxy) is 1. The fraction of sp³-hybridized carbons (Fsp3) is 0.562. The summed E-state index contributed by atoms with van der Waals surface area (Å²) in [5.41, 5.74) is 0.394. The molecule has 2 atom stereocenters. The highest BCUT2D eigenvalue weighted by molar-refractivity contribution is 5.87. The first kappa shape index (κ1) is 15.0. The van der Waals surface area contributed by atoms with Crippen LogP contribution in [-0.4, -0.2) is 17.2 Å². The van der Waals surface area contributed by atoms with Gasteiger partial charge >= 0.3 is 5.97 Å². The summed E-state index contributed by atoms with van der Waals surface area (Å²) in [5.74, 6) is -1.35. The number of carbonyl (C=O) groups is 1. The second kappa shape index (κ2) is 6.84. The zero-order chi connectivity index (χ0) is 14.5. The molecule has 3 nitrogen and oxygen atoms in total. The monoisotopic (exact) mass is 280 g/mol. The Morgan fingerprint density at radius 2 is 2.15 bits per heavy atom. The lowest BCUT2D eigenvalue weighted by Crippen LogP contribution is -2.27. The summed E-state index contributed by atoms with van der Waals surface area (Å²) in [4.78, 5) is 10.7. The van der Waals surface area contributed by atoms with Gasteiger partial charge in [-0.2, -0.15) is 0 Å². The molecule has 1 fully saturated rings. The molecule has 0 amide bonds. The van der Waals surface area contributed by atoms with Crippen molar-refractivity contribution in [1.82, 2.24) is 0 Å². The quantitative estimate of drug-likeness (QED) is 0.886. The standard InChI is InChI=1S/C16H21FO3/c1-2-12-5-3-4-6-15(12)20-10-11-7-8-13(16(18)19)14(17)9-11/h7-9,12,15H,2-6,10H2,1H3,(H,18,19). The topological polar surface area (TPSA) is 46.5 Å². The minimum Gasteiger partial charge on any atom is -0.478 e. The smallest absolute Gasteiger partial charge is 0.338 e. The molecule has 2 rings (SSSR count). The highest BCUT2D eigenvalue weighted by atomic mass is 19.1. The van der Waals surface area contributed by atoms with E-state index in [4.69, 9.17) is 9.84 Å². The Labute approximate surface area is 118 Å². The summed E-state index contributed by atoms with van der Waals surface area (Å²) < 4.78 is 19.5. The zero-order valence-electron chi connectivity index (χ0n) is 11.8. The normalized spacial score (nSPS) is 22.7. The molecule has 1 aromatic rings. The summed E-state index contributed by atoms with van der Waals surface area (Å²) in [6, 6.07) is 4.18. The van der Waals surface area contributed by atoms with Crippen LogP contribution in [0.25, 0.3) is 0 Å². The number of carboxylic acid groups (broad SMARTS) is 1. The molecule has 0 heterocycles. The van der Waals surface area contributed by atoms with Gasteiger partial charge in [-0.15, -0.1) is 0 Å². The zero-order valence-corrected chi connectivity index (χ0v) is 11.8. The number of benzene rings is 1. The molecule has 0 spiro atoms. The van der Waals surface area contributed by atoms with E-state index in [9.17, 15) is 9.18 Å². The van der Waals surface area contributed by atoms with Gasteiger partial charge in [-0.3, -0.25) is 0 Å². The fourth-order valence-corrected chi connectivity index (χ4v) is 2.89. The molecule has 110 valence electrons. The Morgan fingerprint density at radius 3 is 2.80 bits per heavy atom. The van der Waals surface area contributed by atoms with Crippen LogP contribution in [0.15, 0.2) is 18.2 Å². The summed E-state index contributed by atoms with van der Waals surface area (Å²) in [5, 5.41) is 8.79. The van der Waals surface area contributed by atoms with Crippen LogP contribution < -0.4 is 0 Å². The molecule has 20 heavy (non-hydrogen) atoms. The van der Waals surface area contributed by atoms with Gasteiger partial charge < -0.3 is 9.84 Å². The van der Waals surface area contributed by atoms with E-state index in [2.05, 4.69) is 6.92 Å². The maximum Gasteiger partial charge on any atom is 0.338 e. The molecule has 1 N–H and O–H groups in total. The first-order valence-electron chi connectivity index (χ1n) is 7.25. The van der Waals surface area contributed by atoms with Crippen molar-refractivity contribution < 1.29 is 19.0 Å². The van der Waals surface area contributed by atoms with Crippen molar-refractivity contribution in [3.63, 3.8) is 0 Å². The lowest BCUT2D eigenvalue weighted by Gasteiger charge is -2.30. The van der Waals surface area contributed by atoms with Crippen LogP contribution in [0, 0.1) is 11.7 Å². The fourth-order valence-electron chi connectivity index (χ4n) is 2.89. The van der Waals surface area contributed by atoms with E-state index in [1.54, 1.807) is 6.07 Å². The molecular weight excluding hydrogens is 259 g/mol. The molecule has 1 saturated carbocycles. The lowest BCUT2D eigenvalue weighted by atomic mass is 9.85. The van der Waals surface area contributed by atoms with E-state index >= 15 is 0 Å². The van der Waals surface area contributed by atoms with E-state index in [1.165, 1.54) is 31.4 Å². The van der Waals surface area contributed by atoms with Crippen molar-refractivity contribution in [3.05, 3.63) is 35.1 Å². The molecule has 2 unspecified atom stereocenters. The third-order valence-corrected chi connectivity index (χ3v) is 4.09. The van der Waals surface area contributed by atoms with Gasteiger partial charge in [0.15, 0.2) is 0 Å². The summed E-state index contributed by atoms with van der Waals surface area (Å²) in [6.45, 7) is 2.52. The minimum absolute atomic E-state index is 0.246. The van der Waals surface area contributed by atoms with Crippen molar-refractivity contribution >= 4 is 5.97 Å². The molecular formula is C16H21FO3. The second-order valence-corrected chi connectivity index (χ2v) is 5.42. The number of rotatable bonds is 5. The molecule has 0 saturated heterocycles.